The highest BCUT2D eigenvalue weighted by Gasteiger charge is 2.29. The highest BCUT2D eigenvalue weighted by molar-refractivity contribution is 5.80. The summed E-state index contributed by atoms with van der Waals surface area (Å²) in [6.45, 7) is 5.72. The topological polar surface area (TPSA) is 84.5 Å². The molecule has 0 spiro atoms. The maximum Gasteiger partial charge on any atom is 0.307 e. The monoisotopic (exact) mass is 357 g/mol. The quantitative estimate of drug-likeness (QED) is 0.584. The summed E-state index contributed by atoms with van der Waals surface area (Å²) < 4.78 is 1.41. The van der Waals surface area contributed by atoms with Gasteiger partial charge in [-0.2, -0.15) is 5.10 Å². The third kappa shape index (κ3) is 4.08. The average molecular weight is 357 g/mol. The van der Waals surface area contributed by atoms with Crippen molar-refractivity contribution in [2.24, 2.45) is 0 Å². The third-order valence-electron chi connectivity index (χ3n) is 4.72. The van der Waals surface area contributed by atoms with Gasteiger partial charge in [0.1, 0.15) is 18.4 Å². The molecule has 0 saturated carbocycles. The lowest BCUT2D eigenvalue weighted by Crippen LogP contribution is -2.50. The summed E-state index contributed by atoms with van der Waals surface area (Å²) >= 11 is 0. The van der Waals surface area contributed by atoms with Gasteiger partial charge in [-0.25, -0.2) is 0 Å². The Kier molecular flexibility index (Phi) is 5.62. The zero-order valence-corrected chi connectivity index (χ0v) is 14.8. The Morgan fingerprint density at radius 2 is 1.92 bits per heavy atom. The number of piperazine rings is 1. The van der Waals surface area contributed by atoms with Crippen molar-refractivity contribution in [1.29, 1.82) is 0 Å². The van der Waals surface area contributed by atoms with Crippen LogP contribution < -0.4 is 0 Å². The number of hydrogen-bond acceptors (Lipinski definition) is 5. The highest BCUT2D eigenvalue weighted by atomic mass is 16.6. The standard InChI is InChI=1S/C18H23N5O3/c1-2-17(22-14-16(12-19-22)23(25)26)18(24)21-10-8-20(9-11-21)13-15-6-4-3-5-7-15/h3-7,12,14,17H,2,8-11,13H2,1H3. The number of rotatable bonds is 6. The summed E-state index contributed by atoms with van der Waals surface area (Å²) in [6.07, 6.45) is 3.06. The number of nitrogens with zero attached hydrogens (tertiary/aromatic N) is 5. The second kappa shape index (κ2) is 8.09. The Labute approximate surface area is 152 Å². The van der Waals surface area contributed by atoms with Gasteiger partial charge >= 0.3 is 5.69 Å². The van der Waals surface area contributed by atoms with Gasteiger partial charge in [-0.15, -0.1) is 0 Å². The van der Waals surface area contributed by atoms with Crippen molar-refractivity contribution in [2.45, 2.75) is 25.9 Å². The second-order valence-electron chi connectivity index (χ2n) is 6.45. The first-order valence-corrected chi connectivity index (χ1v) is 8.82. The van der Waals surface area contributed by atoms with Crippen LogP contribution in [-0.4, -0.2) is 56.6 Å². The third-order valence-corrected chi connectivity index (χ3v) is 4.72. The highest BCUT2D eigenvalue weighted by Crippen LogP contribution is 2.19. The Bertz CT molecular complexity index is 753. The Morgan fingerprint density at radius 1 is 1.23 bits per heavy atom. The normalized spacial score (nSPS) is 16.4. The predicted octanol–water partition coefficient (Wildman–Crippen LogP) is 2.09. The van der Waals surface area contributed by atoms with Crippen LogP contribution in [0.15, 0.2) is 42.7 Å². The Morgan fingerprint density at radius 3 is 2.50 bits per heavy atom. The number of carbonyl (C=O) groups is 1. The van der Waals surface area contributed by atoms with Gasteiger partial charge in [0.05, 0.1) is 4.92 Å². The SMILES string of the molecule is CCC(C(=O)N1CCN(Cc2ccccc2)CC1)n1cc([N+](=O)[O-])cn1. The Hall–Kier alpha value is -2.74. The van der Waals surface area contributed by atoms with Gasteiger partial charge in [-0.05, 0) is 12.0 Å². The van der Waals surface area contributed by atoms with Crippen LogP contribution in [0.25, 0.3) is 0 Å². The van der Waals surface area contributed by atoms with E-state index >= 15 is 0 Å². The van der Waals surface area contributed by atoms with Crippen LogP contribution in [0, 0.1) is 10.1 Å². The van der Waals surface area contributed by atoms with Crippen molar-refractivity contribution in [3.8, 4) is 0 Å². The van der Waals surface area contributed by atoms with Gasteiger partial charge < -0.3 is 4.90 Å². The van der Waals surface area contributed by atoms with Crippen LogP contribution >= 0.6 is 0 Å². The van der Waals surface area contributed by atoms with Crippen LogP contribution in [0.5, 0.6) is 0 Å². The molecule has 26 heavy (non-hydrogen) atoms. The molecule has 0 bridgehead atoms. The first kappa shape index (κ1) is 18.1. The van der Waals surface area contributed by atoms with E-state index in [4.69, 9.17) is 0 Å². The molecule has 2 aromatic rings. The molecule has 1 aliphatic rings. The number of amides is 1. The molecule has 1 amide bonds. The van der Waals surface area contributed by atoms with Gasteiger partial charge in [0, 0.05) is 32.7 Å². The van der Waals surface area contributed by atoms with E-state index in [0.29, 0.717) is 19.5 Å². The van der Waals surface area contributed by atoms with Crippen LogP contribution in [-0.2, 0) is 11.3 Å². The van der Waals surface area contributed by atoms with Crippen LogP contribution in [0.4, 0.5) is 5.69 Å². The molecule has 3 rings (SSSR count). The number of benzene rings is 1. The van der Waals surface area contributed by atoms with Crippen molar-refractivity contribution in [2.75, 3.05) is 26.2 Å². The molecular formula is C18H23N5O3. The van der Waals surface area contributed by atoms with Crippen molar-refractivity contribution < 1.29 is 9.72 Å². The van der Waals surface area contributed by atoms with Gasteiger partial charge in [-0.1, -0.05) is 37.3 Å². The molecule has 1 aliphatic heterocycles. The molecule has 0 N–H and O–H groups in total. The average Bonchev–Trinajstić information content (AvgIpc) is 3.14. The predicted molar refractivity (Wildman–Crippen MR) is 96.5 cm³/mol. The molecule has 1 unspecified atom stereocenters. The fourth-order valence-corrected chi connectivity index (χ4v) is 3.25. The minimum absolute atomic E-state index is 0.0233. The summed E-state index contributed by atoms with van der Waals surface area (Å²) in [7, 11) is 0. The van der Waals surface area contributed by atoms with E-state index in [9.17, 15) is 14.9 Å². The number of carbonyl (C=O) groups excluding carboxylic acids is 1. The number of hydrogen-bond donors (Lipinski definition) is 0. The lowest BCUT2D eigenvalue weighted by molar-refractivity contribution is -0.385. The van der Waals surface area contributed by atoms with Crippen molar-refractivity contribution in [3.05, 3.63) is 58.4 Å². The van der Waals surface area contributed by atoms with Gasteiger partial charge in [0.25, 0.3) is 0 Å². The molecule has 2 heterocycles. The van der Waals surface area contributed by atoms with Crippen LogP contribution in [0.3, 0.4) is 0 Å². The Balaban J connectivity index is 1.58. The van der Waals surface area contributed by atoms with Crippen molar-refractivity contribution in [3.63, 3.8) is 0 Å². The molecule has 1 aromatic carbocycles. The molecule has 1 aromatic heterocycles. The summed E-state index contributed by atoms with van der Waals surface area (Å²) in [6, 6.07) is 9.79. The summed E-state index contributed by atoms with van der Waals surface area (Å²) in [5.41, 5.74) is 1.17. The van der Waals surface area contributed by atoms with E-state index in [-0.39, 0.29) is 11.6 Å². The molecule has 1 atom stereocenters. The summed E-state index contributed by atoms with van der Waals surface area (Å²) in [4.78, 5) is 27.4. The lowest BCUT2D eigenvalue weighted by atomic mass is 10.1. The van der Waals surface area contributed by atoms with Gasteiger partial charge in [0.2, 0.25) is 5.91 Å². The van der Waals surface area contributed by atoms with E-state index in [1.807, 2.05) is 30.0 Å². The minimum atomic E-state index is -0.497. The molecular weight excluding hydrogens is 334 g/mol. The second-order valence-corrected chi connectivity index (χ2v) is 6.45. The zero-order valence-electron chi connectivity index (χ0n) is 14.8. The van der Waals surface area contributed by atoms with Crippen LogP contribution in [0.1, 0.15) is 24.9 Å². The maximum atomic E-state index is 12.9. The summed E-state index contributed by atoms with van der Waals surface area (Å²) in [5.74, 6) is -0.0233. The molecule has 0 radical (unpaired) electrons. The van der Waals surface area contributed by atoms with Gasteiger partial charge in [0.15, 0.2) is 0 Å². The molecule has 1 fully saturated rings. The van der Waals surface area contributed by atoms with Gasteiger partial charge in [-0.3, -0.25) is 24.5 Å². The van der Waals surface area contributed by atoms with E-state index in [1.54, 1.807) is 0 Å². The first-order chi connectivity index (χ1) is 12.6. The molecule has 0 aliphatic carbocycles. The zero-order chi connectivity index (χ0) is 18.5. The van der Waals surface area contributed by atoms with E-state index in [2.05, 4.69) is 22.1 Å². The smallest absolute Gasteiger partial charge is 0.307 e. The van der Waals surface area contributed by atoms with E-state index in [0.717, 1.165) is 19.6 Å². The number of aromatic nitrogens is 2. The van der Waals surface area contributed by atoms with E-state index < -0.39 is 11.0 Å². The fraction of sp³-hybridized carbons (Fsp3) is 0.444. The molecule has 8 nitrogen and oxygen atoms in total. The first-order valence-electron chi connectivity index (χ1n) is 8.82. The van der Waals surface area contributed by atoms with E-state index in [1.165, 1.54) is 22.6 Å². The summed E-state index contributed by atoms with van der Waals surface area (Å²) in [5, 5.41) is 14.8. The minimum Gasteiger partial charge on any atom is -0.338 e. The maximum absolute atomic E-state index is 12.9. The van der Waals surface area contributed by atoms with Crippen molar-refractivity contribution >= 4 is 11.6 Å². The molecule has 1 saturated heterocycles. The largest absolute Gasteiger partial charge is 0.338 e. The van der Waals surface area contributed by atoms with Crippen LogP contribution in [0.2, 0.25) is 0 Å². The van der Waals surface area contributed by atoms with Crippen molar-refractivity contribution in [1.82, 2.24) is 19.6 Å². The number of nitro groups is 1. The molecule has 138 valence electrons. The molecule has 8 heteroatoms. The fourth-order valence-electron chi connectivity index (χ4n) is 3.25. The lowest BCUT2D eigenvalue weighted by Gasteiger charge is -2.36.